The van der Waals surface area contributed by atoms with Crippen LogP contribution in [0.5, 0.6) is 17.2 Å². The number of nitrogens with zero attached hydrogens (tertiary/aromatic N) is 3. The normalized spacial score (nSPS) is 14.3. The van der Waals surface area contributed by atoms with Crippen molar-refractivity contribution in [2.75, 3.05) is 45.3 Å². The van der Waals surface area contributed by atoms with Gasteiger partial charge in [-0.3, -0.25) is 23.7 Å². The second-order valence-electron chi connectivity index (χ2n) is 28.8. The number of ketones is 1. The highest BCUT2D eigenvalue weighted by atomic mass is 16.6. The number of aromatic nitrogens is 2. The molecule has 3 atom stereocenters. The van der Waals surface area contributed by atoms with Gasteiger partial charge in [0.15, 0.2) is 11.5 Å². The third kappa shape index (κ3) is 44.9. The number of nitrogens with one attached hydrogen (secondary N) is 1. The monoisotopic (exact) mass is 1390 g/mol. The number of unbranched alkanes of at least 4 members (excludes halogenated alkanes) is 45. The molecule has 3 rings (SSSR count). The first kappa shape index (κ1) is 88.2. The number of benzene rings is 1. The first-order valence-corrected chi connectivity index (χ1v) is 41.1. The summed E-state index contributed by atoms with van der Waals surface area (Å²) in [5.74, 6) is -0.458. The fraction of sp³-hybridized carbons (Fsp3) is 0.819. The van der Waals surface area contributed by atoms with Gasteiger partial charge in [-0.25, -0.2) is 4.79 Å². The van der Waals surface area contributed by atoms with Crippen molar-refractivity contribution in [3.63, 3.8) is 0 Å². The Hall–Kier alpha value is -4.99. The molecule has 1 unspecified atom stereocenters. The summed E-state index contributed by atoms with van der Waals surface area (Å²) in [4.78, 5) is 82.7. The molecule has 1 aromatic heterocycles. The van der Waals surface area contributed by atoms with E-state index in [1.54, 1.807) is 19.2 Å². The van der Waals surface area contributed by atoms with E-state index in [0.29, 0.717) is 49.1 Å². The zero-order chi connectivity index (χ0) is 71.4. The van der Waals surface area contributed by atoms with Crippen LogP contribution in [-0.2, 0) is 33.4 Å². The van der Waals surface area contributed by atoms with Crippen molar-refractivity contribution in [1.82, 2.24) is 14.5 Å². The van der Waals surface area contributed by atoms with Crippen LogP contribution in [0.3, 0.4) is 0 Å². The highest BCUT2D eigenvalue weighted by Gasteiger charge is 2.38. The van der Waals surface area contributed by atoms with Gasteiger partial charge in [0.2, 0.25) is 11.7 Å². The van der Waals surface area contributed by atoms with Crippen LogP contribution in [0.4, 0.5) is 5.82 Å². The second-order valence-corrected chi connectivity index (χ2v) is 28.8. The van der Waals surface area contributed by atoms with E-state index in [1.807, 2.05) is 6.92 Å². The summed E-state index contributed by atoms with van der Waals surface area (Å²) >= 11 is 0. The highest BCUT2D eigenvalue weighted by molar-refractivity contribution is 5.95. The lowest BCUT2D eigenvalue weighted by atomic mass is 10.0. The molecule has 2 aromatic rings. The van der Waals surface area contributed by atoms with E-state index in [4.69, 9.17) is 28.4 Å². The molecule has 0 saturated carbocycles. The van der Waals surface area contributed by atoms with Gasteiger partial charge in [-0.15, -0.1) is 0 Å². The van der Waals surface area contributed by atoms with Gasteiger partial charge in [0.25, 0.3) is 5.91 Å². The number of esters is 2. The summed E-state index contributed by atoms with van der Waals surface area (Å²) in [7, 11) is 1.67. The van der Waals surface area contributed by atoms with Crippen LogP contribution >= 0.6 is 0 Å². The van der Waals surface area contributed by atoms with Crippen molar-refractivity contribution in [1.29, 1.82) is 0 Å². The maximum Gasteiger partial charge on any atom is 0.351 e. The number of ether oxygens (including phenoxy) is 6. The lowest BCUT2D eigenvalue weighted by Crippen LogP contribution is -2.31. The molecule has 0 spiro atoms. The van der Waals surface area contributed by atoms with E-state index < -0.39 is 42.0 Å². The van der Waals surface area contributed by atoms with Crippen molar-refractivity contribution in [3.05, 3.63) is 40.4 Å². The fourth-order valence-corrected chi connectivity index (χ4v) is 13.2. The summed E-state index contributed by atoms with van der Waals surface area (Å²) in [6, 6.07) is 5.03. The summed E-state index contributed by atoms with van der Waals surface area (Å²) in [6.07, 6.45) is 62.0. The number of Topliss-reactive ketones (excluding diaryl/α,β-unsaturated/α-hetero) is 1. The van der Waals surface area contributed by atoms with Crippen molar-refractivity contribution < 1.29 is 52.4 Å². The Labute approximate surface area is 602 Å². The maximum atomic E-state index is 14.4. The van der Waals surface area contributed by atoms with Crippen LogP contribution in [0.1, 0.15) is 398 Å². The Morgan fingerprint density at radius 1 is 0.495 bits per heavy atom. The largest absolute Gasteiger partial charge is 0.490 e. The van der Waals surface area contributed by atoms with Gasteiger partial charge in [-0.2, -0.15) is 4.98 Å². The third-order valence-corrected chi connectivity index (χ3v) is 19.6. The van der Waals surface area contributed by atoms with Gasteiger partial charge in [0, 0.05) is 38.1 Å². The zero-order valence-corrected chi connectivity index (χ0v) is 64.0. The van der Waals surface area contributed by atoms with Gasteiger partial charge >= 0.3 is 17.6 Å². The van der Waals surface area contributed by atoms with Gasteiger partial charge in [0.1, 0.15) is 30.5 Å². The van der Waals surface area contributed by atoms with Crippen molar-refractivity contribution in [3.8, 4) is 17.2 Å². The van der Waals surface area contributed by atoms with Gasteiger partial charge in [0.05, 0.1) is 45.3 Å². The molecule has 1 aliphatic rings. The standard InChI is InChI=1S/C83H144N4O12/c1-7-11-14-17-20-23-26-29-32-35-38-41-44-47-50-53-63-94-74-67-71(82(92)86(6)62-66-96-79(90)59-57-77(89)84-76-60-61-87(83(93)85-76)78-69-73(72(10-4)98-78)99-80(91)58-56-70(5)88)68-75(95-64-54-51-48-45-42-39-36-33-30-27-24-21-18-15-12-8-2)81(74)97-65-55-52-49-46-43-40-37-34-31-28-25-22-19-16-13-9-3/h60-61,67-68,72-73,78H,7-59,62-66,69H2,1-6H3,(H,84,85,89,93)/t72-,73?,78-/m1/s1. The lowest BCUT2D eigenvalue weighted by molar-refractivity contribution is -0.152. The molecule has 0 bridgehead atoms. The van der Waals surface area contributed by atoms with Crippen LogP contribution in [0.15, 0.2) is 29.2 Å². The summed E-state index contributed by atoms with van der Waals surface area (Å²) < 4.78 is 38.4. The third-order valence-electron chi connectivity index (χ3n) is 19.6. The maximum absolute atomic E-state index is 14.4. The fourth-order valence-electron chi connectivity index (χ4n) is 13.2. The van der Waals surface area contributed by atoms with E-state index in [2.05, 4.69) is 31.1 Å². The molecule has 16 heteroatoms. The minimum Gasteiger partial charge on any atom is -0.490 e. The first-order valence-electron chi connectivity index (χ1n) is 41.1. The number of likely N-dealkylation sites (N-methyl/N-ethyl adjacent to an activating group) is 1. The van der Waals surface area contributed by atoms with Gasteiger partial charge in [-0.05, 0) is 50.8 Å². The van der Waals surface area contributed by atoms with E-state index in [-0.39, 0.29) is 62.8 Å². The Morgan fingerprint density at radius 3 is 1.24 bits per heavy atom. The summed E-state index contributed by atoms with van der Waals surface area (Å²) in [6.45, 7) is 11.7. The molecular formula is C83H144N4O12. The van der Waals surface area contributed by atoms with Crippen LogP contribution in [0, 0.1) is 0 Å². The highest BCUT2D eigenvalue weighted by Crippen LogP contribution is 2.40. The van der Waals surface area contributed by atoms with E-state index in [0.717, 1.165) is 38.5 Å². The van der Waals surface area contributed by atoms with Crippen molar-refractivity contribution in [2.45, 2.75) is 400 Å². The van der Waals surface area contributed by atoms with Crippen LogP contribution in [0.25, 0.3) is 0 Å². The number of hydrogen-bond donors (Lipinski definition) is 1. The molecule has 1 saturated heterocycles. The Morgan fingerprint density at radius 2 is 0.869 bits per heavy atom. The van der Waals surface area contributed by atoms with Gasteiger partial charge in [-0.1, -0.05) is 317 Å². The number of carbonyl (C=O) groups excluding carboxylic acids is 5. The number of rotatable bonds is 68. The van der Waals surface area contributed by atoms with Crippen molar-refractivity contribution in [2.24, 2.45) is 0 Å². The molecule has 2 heterocycles. The first-order chi connectivity index (χ1) is 48.4. The van der Waals surface area contributed by atoms with Crippen LogP contribution in [0.2, 0.25) is 0 Å². The zero-order valence-electron chi connectivity index (χ0n) is 64.0. The molecular weight excluding hydrogens is 1240 g/mol. The summed E-state index contributed by atoms with van der Waals surface area (Å²) in [5, 5.41) is 2.58. The average Bonchev–Trinajstić information content (AvgIpc) is 1.45. The Bertz CT molecular complexity index is 2370. The SMILES string of the molecule is CCCCCCCCCCCCCCCCCCOc1cc(C(=O)N(C)CCOC(=O)CCC(=O)Nc2ccn([C@H]3CC(OC(=O)CCC(C)=O)[C@@H](CC)O3)c(=O)n2)cc(OCCCCCCCCCCCCCCCCCC)c1OCCCCCCCCCCCCCCCCCC. The number of amides is 2. The minimum absolute atomic E-state index is 0.00422. The topological polar surface area (TPSA) is 191 Å². The van der Waals surface area contributed by atoms with E-state index >= 15 is 0 Å². The smallest absolute Gasteiger partial charge is 0.351 e. The predicted octanol–water partition coefficient (Wildman–Crippen LogP) is 22.2. The van der Waals surface area contributed by atoms with E-state index in [1.165, 1.54) is 298 Å². The van der Waals surface area contributed by atoms with E-state index in [9.17, 15) is 28.8 Å². The quantitative estimate of drug-likeness (QED) is 0.0487. The Kier molecular flexibility index (Phi) is 54.0. The molecule has 1 aliphatic heterocycles. The molecule has 2 amide bonds. The molecule has 1 aromatic carbocycles. The Balaban J connectivity index is 1.60. The molecule has 99 heavy (non-hydrogen) atoms. The molecule has 16 nitrogen and oxygen atoms in total. The number of anilines is 1. The number of carbonyl (C=O) groups is 5. The van der Waals surface area contributed by atoms with Crippen molar-refractivity contribution >= 4 is 35.4 Å². The molecule has 0 aliphatic carbocycles. The molecule has 1 fully saturated rings. The average molecular weight is 1390 g/mol. The number of hydrogen-bond acceptors (Lipinski definition) is 13. The predicted molar refractivity (Wildman–Crippen MR) is 404 cm³/mol. The van der Waals surface area contributed by atoms with Crippen LogP contribution in [-0.4, -0.2) is 96.2 Å². The minimum atomic E-state index is -0.748. The summed E-state index contributed by atoms with van der Waals surface area (Å²) in [5.41, 5.74) is -0.281. The second kappa shape index (κ2) is 60.6. The molecule has 1 N–H and O–H groups in total. The molecule has 0 radical (unpaired) electrons. The van der Waals surface area contributed by atoms with Gasteiger partial charge < -0.3 is 43.4 Å². The lowest BCUT2D eigenvalue weighted by Gasteiger charge is -2.21. The molecule has 568 valence electrons. The van der Waals surface area contributed by atoms with Crippen LogP contribution < -0.4 is 25.2 Å².